The molecule has 1 heterocycles. The van der Waals surface area contributed by atoms with Gasteiger partial charge >= 0.3 is 0 Å². The van der Waals surface area contributed by atoms with E-state index in [1.807, 2.05) is 18.2 Å². The van der Waals surface area contributed by atoms with Crippen molar-refractivity contribution < 1.29 is 4.79 Å². The summed E-state index contributed by atoms with van der Waals surface area (Å²) in [5.74, 6) is -0.262. The zero-order chi connectivity index (χ0) is 19.5. The monoisotopic (exact) mass is 389 g/mol. The molecule has 1 N–H and O–H groups in total. The smallest absolute Gasteiger partial charge is 0.262 e. The molecule has 1 aliphatic heterocycles. The summed E-state index contributed by atoms with van der Waals surface area (Å²) in [6.45, 7) is 0. The molecule has 4 nitrogen and oxygen atoms in total. The Morgan fingerprint density at radius 2 is 1.89 bits per heavy atom. The lowest BCUT2D eigenvalue weighted by molar-refractivity contribution is -0.117. The molecule has 0 bridgehead atoms. The van der Waals surface area contributed by atoms with Crippen molar-refractivity contribution in [3.8, 4) is 6.07 Å². The van der Waals surface area contributed by atoms with E-state index in [1.165, 1.54) is 17.0 Å². The average Bonchev–Trinajstić information content (AvgIpc) is 2.72. The average molecular weight is 390 g/mol. The largest absolute Gasteiger partial charge is 0.349 e. The maximum Gasteiger partial charge on any atom is 0.262 e. The number of fused-ring (bicyclic) bond motifs is 2. The minimum atomic E-state index is -0.262. The molecule has 0 aromatic heterocycles. The van der Waals surface area contributed by atoms with Crippen LogP contribution >= 0.6 is 11.8 Å². The minimum absolute atomic E-state index is 0.167. The van der Waals surface area contributed by atoms with E-state index in [2.05, 4.69) is 47.6 Å². The number of amides is 1. The van der Waals surface area contributed by atoms with Crippen molar-refractivity contribution in [2.75, 3.05) is 11.9 Å². The summed E-state index contributed by atoms with van der Waals surface area (Å²) in [6, 6.07) is 16.7. The first-order valence-electron chi connectivity index (χ1n) is 9.73. The Kier molecular flexibility index (Phi) is 5.40. The van der Waals surface area contributed by atoms with Gasteiger partial charge in [0.05, 0.1) is 11.4 Å². The van der Waals surface area contributed by atoms with Gasteiger partial charge in [0.2, 0.25) is 0 Å². The van der Waals surface area contributed by atoms with Crippen LogP contribution in [-0.4, -0.2) is 19.0 Å². The summed E-state index contributed by atoms with van der Waals surface area (Å²) in [5, 5.41) is 12.5. The summed E-state index contributed by atoms with van der Waals surface area (Å²) in [7, 11) is 2.06. The van der Waals surface area contributed by atoms with Gasteiger partial charge in [0.15, 0.2) is 0 Å². The lowest BCUT2D eigenvalue weighted by Crippen LogP contribution is -2.36. The van der Waals surface area contributed by atoms with Crippen molar-refractivity contribution in [1.29, 1.82) is 5.26 Å². The highest BCUT2D eigenvalue weighted by molar-refractivity contribution is 7.99. The van der Waals surface area contributed by atoms with Crippen LogP contribution in [0.3, 0.4) is 0 Å². The van der Waals surface area contributed by atoms with Crippen LogP contribution in [0.1, 0.15) is 37.7 Å². The molecule has 2 aromatic carbocycles. The molecular formula is C23H23N3OS. The van der Waals surface area contributed by atoms with Crippen molar-refractivity contribution in [2.45, 2.75) is 47.9 Å². The van der Waals surface area contributed by atoms with Crippen LogP contribution in [0.5, 0.6) is 0 Å². The molecule has 0 radical (unpaired) electrons. The van der Waals surface area contributed by atoms with Crippen molar-refractivity contribution in [2.24, 2.45) is 0 Å². The standard InChI is InChI=1S/C23H23N3OS/c1-26-19-9-5-6-10-21(19)28-22-14-16(11-12-20(22)26)13-17(15-24)23(27)25-18-7-3-2-4-8-18/h5-6,9-14,18H,2-4,7-8H2,1H3,(H,25,27)/b17-13+. The summed E-state index contributed by atoms with van der Waals surface area (Å²) in [4.78, 5) is 17.0. The third-order valence-electron chi connectivity index (χ3n) is 5.41. The second kappa shape index (κ2) is 8.12. The summed E-state index contributed by atoms with van der Waals surface area (Å²) >= 11 is 1.72. The van der Waals surface area contributed by atoms with Gasteiger partial charge in [0.1, 0.15) is 11.6 Å². The molecule has 1 amide bonds. The number of nitrogens with one attached hydrogen (secondary N) is 1. The molecule has 1 fully saturated rings. The van der Waals surface area contributed by atoms with Gasteiger partial charge in [-0.3, -0.25) is 4.79 Å². The lowest BCUT2D eigenvalue weighted by atomic mass is 9.95. The highest BCUT2D eigenvalue weighted by Gasteiger charge is 2.21. The Hall–Kier alpha value is -2.71. The van der Waals surface area contributed by atoms with Gasteiger partial charge in [-0.15, -0.1) is 0 Å². The van der Waals surface area contributed by atoms with E-state index in [1.54, 1.807) is 17.8 Å². The molecule has 4 rings (SSSR count). The summed E-state index contributed by atoms with van der Waals surface area (Å²) in [6.07, 6.45) is 7.23. The van der Waals surface area contributed by atoms with E-state index < -0.39 is 0 Å². The SMILES string of the molecule is CN1c2ccccc2Sc2cc(/C=C(\C#N)C(=O)NC3CCCCC3)ccc21. The second-order valence-corrected chi connectivity index (χ2v) is 8.42. The third kappa shape index (κ3) is 3.79. The molecule has 1 aliphatic carbocycles. The summed E-state index contributed by atoms with van der Waals surface area (Å²) in [5.41, 5.74) is 3.35. The maximum absolute atomic E-state index is 12.5. The van der Waals surface area contributed by atoms with Crippen LogP contribution in [0.4, 0.5) is 11.4 Å². The Morgan fingerprint density at radius 1 is 1.14 bits per heavy atom. The van der Waals surface area contributed by atoms with Crippen molar-refractivity contribution in [3.63, 3.8) is 0 Å². The van der Waals surface area contributed by atoms with Crippen LogP contribution in [-0.2, 0) is 4.79 Å². The van der Waals surface area contributed by atoms with Crippen LogP contribution in [0.25, 0.3) is 6.08 Å². The highest BCUT2D eigenvalue weighted by Crippen LogP contribution is 2.47. The number of hydrogen-bond donors (Lipinski definition) is 1. The molecule has 28 heavy (non-hydrogen) atoms. The van der Waals surface area contributed by atoms with Gasteiger partial charge in [0.25, 0.3) is 5.91 Å². The first-order chi connectivity index (χ1) is 13.7. The Labute approximate surface area is 170 Å². The minimum Gasteiger partial charge on any atom is -0.349 e. The number of para-hydroxylation sites is 1. The number of benzene rings is 2. The molecule has 0 spiro atoms. The molecular weight excluding hydrogens is 366 g/mol. The fourth-order valence-corrected chi connectivity index (χ4v) is 5.07. The fourth-order valence-electron chi connectivity index (χ4n) is 3.87. The Morgan fingerprint density at radius 3 is 2.68 bits per heavy atom. The number of anilines is 2. The second-order valence-electron chi connectivity index (χ2n) is 7.33. The number of nitrogens with zero attached hydrogens (tertiary/aromatic N) is 2. The van der Waals surface area contributed by atoms with Crippen molar-refractivity contribution >= 4 is 35.1 Å². The van der Waals surface area contributed by atoms with Crippen LogP contribution < -0.4 is 10.2 Å². The van der Waals surface area contributed by atoms with E-state index in [0.29, 0.717) is 0 Å². The maximum atomic E-state index is 12.5. The normalized spacial score (nSPS) is 16.7. The fraction of sp³-hybridized carbons (Fsp3) is 0.304. The quantitative estimate of drug-likeness (QED) is 0.573. The van der Waals surface area contributed by atoms with Gasteiger partial charge in [-0.1, -0.05) is 49.2 Å². The van der Waals surface area contributed by atoms with Gasteiger partial charge in [-0.05, 0) is 48.7 Å². The van der Waals surface area contributed by atoms with Crippen LogP contribution in [0.15, 0.2) is 57.8 Å². The predicted octanol–water partition coefficient (Wildman–Crippen LogP) is 5.27. The topological polar surface area (TPSA) is 56.1 Å². The highest BCUT2D eigenvalue weighted by atomic mass is 32.2. The van der Waals surface area contributed by atoms with Crippen LogP contribution in [0, 0.1) is 11.3 Å². The number of carbonyl (C=O) groups excluding carboxylic acids is 1. The molecule has 1 saturated carbocycles. The molecule has 0 saturated heterocycles. The molecule has 2 aliphatic rings. The van der Waals surface area contributed by atoms with E-state index in [9.17, 15) is 10.1 Å². The summed E-state index contributed by atoms with van der Waals surface area (Å²) < 4.78 is 0. The van der Waals surface area contributed by atoms with Gasteiger partial charge in [-0.25, -0.2) is 0 Å². The predicted molar refractivity (Wildman–Crippen MR) is 114 cm³/mol. The van der Waals surface area contributed by atoms with Gasteiger partial charge in [0, 0.05) is 22.9 Å². The number of rotatable bonds is 3. The zero-order valence-corrected chi connectivity index (χ0v) is 16.8. The number of hydrogen-bond acceptors (Lipinski definition) is 4. The first kappa shape index (κ1) is 18.6. The van der Waals surface area contributed by atoms with E-state index in [-0.39, 0.29) is 17.5 Å². The Bertz CT molecular complexity index is 970. The van der Waals surface area contributed by atoms with Crippen molar-refractivity contribution in [1.82, 2.24) is 5.32 Å². The molecule has 2 aromatic rings. The van der Waals surface area contributed by atoms with Gasteiger partial charge < -0.3 is 10.2 Å². The molecule has 0 atom stereocenters. The van der Waals surface area contributed by atoms with E-state index in [4.69, 9.17) is 0 Å². The number of carbonyl (C=O) groups is 1. The molecule has 142 valence electrons. The number of nitriles is 1. The van der Waals surface area contributed by atoms with E-state index in [0.717, 1.165) is 41.8 Å². The zero-order valence-electron chi connectivity index (χ0n) is 15.9. The van der Waals surface area contributed by atoms with E-state index >= 15 is 0 Å². The molecule has 5 heteroatoms. The first-order valence-corrected chi connectivity index (χ1v) is 10.5. The third-order valence-corrected chi connectivity index (χ3v) is 6.52. The Balaban J connectivity index is 1.56. The van der Waals surface area contributed by atoms with Gasteiger partial charge in [-0.2, -0.15) is 5.26 Å². The molecule has 0 unspecified atom stereocenters. The van der Waals surface area contributed by atoms with Crippen molar-refractivity contribution in [3.05, 3.63) is 53.6 Å². The lowest BCUT2D eigenvalue weighted by Gasteiger charge is -2.29. The van der Waals surface area contributed by atoms with Crippen LogP contribution in [0.2, 0.25) is 0 Å².